The molecule has 0 fully saturated rings. The smallest absolute Gasteiger partial charge is 0.0465 e. The van der Waals surface area contributed by atoms with Gasteiger partial charge in [-0.2, -0.15) is 0 Å². The van der Waals surface area contributed by atoms with Crippen molar-refractivity contribution in [2.75, 3.05) is 9.80 Å². The molecule has 2 heteroatoms. The molecule has 0 N–H and O–H groups in total. The van der Waals surface area contributed by atoms with Crippen molar-refractivity contribution in [2.45, 2.75) is 40.0 Å². The quantitative estimate of drug-likeness (QED) is 0.191. The van der Waals surface area contributed by atoms with E-state index in [-0.39, 0.29) is 5.41 Å². The van der Waals surface area contributed by atoms with Crippen LogP contribution in [-0.2, 0) is 5.41 Å². The first-order valence-corrected chi connectivity index (χ1v) is 15.3. The molecule has 1 aliphatic rings. The molecule has 218 valence electrons. The number of anilines is 5. The zero-order chi connectivity index (χ0) is 30.8. The van der Waals surface area contributed by atoms with Crippen molar-refractivity contribution < 1.29 is 0 Å². The zero-order valence-electron chi connectivity index (χ0n) is 26.4. The minimum absolute atomic E-state index is 0.236. The van der Waals surface area contributed by atoms with Crippen LogP contribution in [0.2, 0.25) is 0 Å². The van der Waals surface area contributed by atoms with Gasteiger partial charge in [0.15, 0.2) is 0 Å². The monoisotopic (exact) mass is 572 g/mol. The topological polar surface area (TPSA) is 6.48 Å². The Kier molecular flexibility index (Phi) is 7.84. The lowest BCUT2D eigenvalue weighted by molar-refractivity contribution is 0.660. The molecule has 0 heterocycles. The minimum Gasteiger partial charge on any atom is -0.311 e. The average Bonchev–Trinajstić information content (AvgIpc) is 3.23. The maximum atomic E-state index is 4.65. The first kappa shape index (κ1) is 29.0. The highest BCUT2D eigenvalue weighted by molar-refractivity contribution is 5.92. The number of para-hydroxylation sites is 2. The second-order valence-corrected chi connectivity index (χ2v) is 12.1. The van der Waals surface area contributed by atoms with Crippen molar-refractivity contribution in [3.05, 3.63) is 180 Å². The molecular weight excluding hydrogens is 532 g/mol. The molecule has 0 saturated carbocycles. The van der Waals surface area contributed by atoms with Crippen molar-refractivity contribution in [3.8, 4) is 0 Å². The molecule has 0 radical (unpaired) electrons. The Morgan fingerprint density at radius 1 is 0.614 bits per heavy atom. The van der Waals surface area contributed by atoms with E-state index in [1.807, 2.05) is 0 Å². The summed E-state index contributed by atoms with van der Waals surface area (Å²) in [7, 11) is 0. The Morgan fingerprint density at radius 2 is 1.16 bits per heavy atom. The Morgan fingerprint density at radius 3 is 1.77 bits per heavy atom. The summed E-state index contributed by atoms with van der Waals surface area (Å²) in [4.78, 5) is 4.61. The molecule has 0 saturated heterocycles. The van der Waals surface area contributed by atoms with Gasteiger partial charge in [0.2, 0.25) is 0 Å². The molecule has 5 aromatic rings. The van der Waals surface area contributed by atoms with Crippen molar-refractivity contribution >= 4 is 34.0 Å². The van der Waals surface area contributed by atoms with Gasteiger partial charge in [0.05, 0.1) is 0 Å². The maximum Gasteiger partial charge on any atom is 0.0465 e. The Bertz CT molecular complexity index is 1880. The number of allylic oxidation sites excluding steroid dienone is 4. The van der Waals surface area contributed by atoms with E-state index in [9.17, 15) is 0 Å². The first-order chi connectivity index (χ1) is 21.3. The number of hydrogen-bond donors (Lipinski definition) is 0. The summed E-state index contributed by atoms with van der Waals surface area (Å²) in [5.74, 6) is 0. The SMILES string of the molecule is C=C(C=C1/C(=C\C)c2ccc(N(c3ccccc3)c3cccc(C)c3)cc2C1(C)C)N(c1ccccc1)c1cccc(C)c1. The van der Waals surface area contributed by atoms with Gasteiger partial charge in [0, 0.05) is 39.5 Å². The molecule has 0 aliphatic heterocycles. The number of fused-ring (bicyclic) bond motifs is 1. The van der Waals surface area contributed by atoms with E-state index in [1.54, 1.807) is 0 Å². The number of nitrogens with zero attached hydrogens (tertiary/aromatic N) is 2. The van der Waals surface area contributed by atoms with Gasteiger partial charge in [0.1, 0.15) is 0 Å². The maximum absolute atomic E-state index is 4.65. The summed E-state index contributed by atoms with van der Waals surface area (Å²) in [6, 6.07) is 45.4. The summed E-state index contributed by atoms with van der Waals surface area (Å²) in [5, 5.41) is 0. The van der Waals surface area contributed by atoms with E-state index in [0.717, 1.165) is 34.1 Å². The third-order valence-electron chi connectivity index (χ3n) is 8.62. The van der Waals surface area contributed by atoms with E-state index >= 15 is 0 Å². The van der Waals surface area contributed by atoms with Crippen LogP contribution in [0.1, 0.15) is 43.0 Å². The number of hydrogen-bond acceptors (Lipinski definition) is 2. The van der Waals surface area contributed by atoms with Gasteiger partial charge in [-0.1, -0.05) is 93.2 Å². The number of benzene rings is 5. The van der Waals surface area contributed by atoms with Crippen LogP contribution in [0.4, 0.5) is 28.4 Å². The standard InChI is InChI=1S/C42H40N2/c1-7-38-39-25-24-37(44(34-20-12-9-13-21-34)36-23-15-17-31(3)27-36)29-41(39)42(5,6)40(38)28-32(4)43(33-18-10-8-11-19-33)35-22-14-16-30(2)26-35/h7-29H,4H2,1-3,5-6H3/b38-7-,40-28?. The van der Waals surface area contributed by atoms with Gasteiger partial charge in [-0.15, -0.1) is 0 Å². The highest BCUT2D eigenvalue weighted by Crippen LogP contribution is 2.52. The molecule has 2 nitrogen and oxygen atoms in total. The van der Waals surface area contributed by atoms with Gasteiger partial charge in [-0.05, 0) is 121 Å². The predicted molar refractivity (Wildman–Crippen MR) is 190 cm³/mol. The van der Waals surface area contributed by atoms with E-state index < -0.39 is 0 Å². The third-order valence-corrected chi connectivity index (χ3v) is 8.62. The second kappa shape index (κ2) is 11.9. The molecule has 0 amide bonds. The Labute approximate surface area is 262 Å². The van der Waals surface area contributed by atoms with Gasteiger partial charge in [-0.3, -0.25) is 0 Å². The molecular formula is C42H40N2. The normalized spacial score (nSPS) is 15.3. The number of aryl methyl sites for hydroxylation is 2. The van der Waals surface area contributed by atoms with Gasteiger partial charge >= 0.3 is 0 Å². The highest BCUT2D eigenvalue weighted by Gasteiger charge is 2.38. The molecule has 0 atom stereocenters. The average molecular weight is 573 g/mol. The summed E-state index contributed by atoms with van der Waals surface area (Å²) in [5.41, 5.74) is 13.9. The van der Waals surface area contributed by atoms with Gasteiger partial charge in [0.25, 0.3) is 0 Å². The molecule has 1 aliphatic carbocycles. The molecule has 5 aromatic carbocycles. The lowest BCUT2D eigenvalue weighted by Crippen LogP contribution is -2.19. The predicted octanol–water partition coefficient (Wildman–Crippen LogP) is 11.7. The number of rotatable bonds is 7. The fourth-order valence-corrected chi connectivity index (χ4v) is 6.47. The van der Waals surface area contributed by atoms with E-state index in [4.69, 9.17) is 0 Å². The van der Waals surface area contributed by atoms with E-state index in [1.165, 1.54) is 33.4 Å². The highest BCUT2D eigenvalue weighted by atomic mass is 15.1. The fraction of sp³-hybridized carbons (Fsp3) is 0.143. The van der Waals surface area contributed by atoms with Crippen LogP contribution in [0.5, 0.6) is 0 Å². The van der Waals surface area contributed by atoms with Crippen molar-refractivity contribution in [1.82, 2.24) is 0 Å². The van der Waals surface area contributed by atoms with E-state index in [2.05, 4.69) is 191 Å². The van der Waals surface area contributed by atoms with Crippen molar-refractivity contribution in [1.29, 1.82) is 0 Å². The van der Waals surface area contributed by atoms with Crippen molar-refractivity contribution in [3.63, 3.8) is 0 Å². The van der Waals surface area contributed by atoms with Crippen LogP contribution < -0.4 is 9.80 Å². The molecule has 0 unspecified atom stereocenters. The zero-order valence-corrected chi connectivity index (χ0v) is 26.4. The first-order valence-electron chi connectivity index (χ1n) is 15.3. The molecule has 0 aromatic heterocycles. The van der Waals surface area contributed by atoms with Crippen LogP contribution >= 0.6 is 0 Å². The van der Waals surface area contributed by atoms with Crippen LogP contribution in [0.3, 0.4) is 0 Å². The van der Waals surface area contributed by atoms with Gasteiger partial charge < -0.3 is 9.80 Å². The summed E-state index contributed by atoms with van der Waals surface area (Å²) in [6.07, 6.45) is 4.54. The second-order valence-electron chi connectivity index (χ2n) is 12.1. The summed E-state index contributed by atoms with van der Waals surface area (Å²) >= 11 is 0. The minimum atomic E-state index is -0.236. The molecule has 0 spiro atoms. The van der Waals surface area contributed by atoms with Crippen LogP contribution in [0.15, 0.2) is 157 Å². The van der Waals surface area contributed by atoms with Crippen LogP contribution in [-0.4, -0.2) is 0 Å². The Hall–Kier alpha value is -5.08. The Balaban J connectivity index is 1.46. The van der Waals surface area contributed by atoms with E-state index in [0.29, 0.717) is 0 Å². The van der Waals surface area contributed by atoms with Crippen molar-refractivity contribution in [2.24, 2.45) is 0 Å². The summed E-state index contributed by atoms with van der Waals surface area (Å²) < 4.78 is 0. The van der Waals surface area contributed by atoms with Gasteiger partial charge in [-0.25, -0.2) is 0 Å². The molecule has 44 heavy (non-hydrogen) atoms. The summed E-state index contributed by atoms with van der Waals surface area (Å²) in [6.45, 7) is 15.7. The third kappa shape index (κ3) is 5.40. The van der Waals surface area contributed by atoms with Crippen LogP contribution in [0.25, 0.3) is 5.57 Å². The molecule has 0 bridgehead atoms. The lowest BCUT2D eigenvalue weighted by Gasteiger charge is -2.29. The lowest BCUT2D eigenvalue weighted by atomic mass is 9.81. The molecule has 6 rings (SSSR count). The fourth-order valence-electron chi connectivity index (χ4n) is 6.47. The largest absolute Gasteiger partial charge is 0.311 e. The van der Waals surface area contributed by atoms with Crippen LogP contribution in [0, 0.1) is 13.8 Å².